The van der Waals surface area contributed by atoms with Gasteiger partial charge in [0.25, 0.3) is 0 Å². The second kappa shape index (κ2) is 5.92. The van der Waals surface area contributed by atoms with Crippen LogP contribution in [-0.2, 0) is 6.42 Å². The number of nitrogens with two attached hydrogens (primary N) is 1. The van der Waals surface area contributed by atoms with Crippen molar-refractivity contribution in [1.82, 2.24) is 0 Å². The number of hydrogen-bond donors (Lipinski definition) is 1. The van der Waals surface area contributed by atoms with Crippen molar-refractivity contribution >= 4 is 22.6 Å². The van der Waals surface area contributed by atoms with Crippen molar-refractivity contribution in [2.45, 2.75) is 25.8 Å². The van der Waals surface area contributed by atoms with Crippen LogP contribution in [-0.4, -0.2) is 0 Å². The van der Waals surface area contributed by atoms with Gasteiger partial charge >= 0.3 is 0 Å². The molecule has 0 bridgehead atoms. The summed E-state index contributed by atoms with van der Waals surface area (Å²) in [6, 6.07) is 15.7. The van der Waals surface area contributed by atoms with Crippen LogP contribution in [0.1, 0.15) is 36.3 Å². The lowest BCUT2D eigenvalue weighted by atomic mass is 10.0. The Balaban J connectivity index is 1.90. The molecule has 1 aromatic heterocycles. The largest absolute Gasteiger partial charge is 0.459 e. The van der Waals surface area contributed by atoms with Crippen LogP contribution >= 0.6 is 11.6 Å². The zero-order valence-corrected chi connectivity index (χ0v) is 12.7. The van der Waals surface area contributed by atoms with E-state index in [2.05, 4.69) is 31.2 Å². The van der Waals surface area contributed by atoms with Crippen LogP contribution in [0.15, 0.2) is 52.9 Å². The van der Waals surface area contributed by atoms with Gasteiger partial charge in [-0.1, -0.05) is 49.2 Å². The lowest BCUT2D eigenvalue weighted by Gasteiger charge is -2.09. The van der Waals surface area contributed by atoms with E-state index in [1.165, 1.54) is 5.56 Å². The second-order valence-electron chi connectivity index (χ2n) is 5.30. The molecule has 1 atom stereocenters. The summed E-state index contributed by atoms with van der Waals surface area (Å²) in [5.74, 6) is 0.760. The maximum Gasteiger partial charge on any atom is 0.134 e. The predicted molar refractivity (Wildman–Crippen MR) is 87.7 cm³/mol. The first-order valence-corrected chi connectivity index (χ1v) is 7.58. The number of furan rings is 1. The average Bonchev–Trinajstić information content (AvgIpc) is 2.90. The van der Waals surface area contributed by atoms with Crippen molar-refractivity contribution in [1.29, 1.82) is 0 Å². The smallest absolute Gasteiger partial charge is 0.134 e. The molecular formula is C18H18ClNO. The molecule has 0 fully saturated rings. The van der Waals surface area contributed by atoms with Gasteiger partial charge in [0, 0.05) is 10.4 Å². The van der Waals surface area contributed by atoms with Gasteiger partial charge in [-0.05, 0) is 41.8 Å². The molecule has 1 unspecified atom stereocenters. The first-order chi connectivity index (χ1) is 10.2. The Bertz CT molecular complexity index is 746. The molecule has 0 saturated carbocycles. The van der Waals surface area contributed by atoms with Gasteiger partial charge in [0.1, 0.15) is 11.3 Å². The van der Waals surface area contributed by atoms with Crippen LogP contribution in [0.4, 0.5) is 0 Å². The fourth-order valence-electron chi connectivity index (χ4n) is 2.53. The van der Waals surface area contributed by atoms with Crippen molar-refractivity contribution in [3.8, 4) is 0 Å². The van der Waals surface area contributed by atoms with Crippen LogP contribution in [0, 0.1) is 0 Å². The molecule has 2 nitrogen and oxygen atoms in total. The number of hydrogen-bond acceptors (Lipinski definition) is 2. The highest BCUT2D eigenvalue weighted by molar-refractivity contribution is 6.31. The van der Waals surface area contributed by atoms with Gasteiger partial charge < -0.3 is 10.2 Å². The fourth-order valence-corrected chi connectivity index (χ4v) is 2.71. The highest BCUT2D eigenvalue weighted by Crippen LogP contribution is 2.28. The van der Waals surface area contributed by atoms with Crippen LogP contribution in [0.2, 0.25) is 5.02 Å². The third kappa shape index (κ3) is 2.97. The Morgan fingerprint density at radius 3 is 2.57 bits per heavy atom. The Hall–Kier alpha value is -1.77. The molecule has 0 spiro atoms. The lowest BCUT2D eigenvalue weighted by Crippen LogP contribution is -2.10. The maximum absolute atomic E-state index is 6.32. The minimum atomic E-state index is -0.258. The van der Waals surface area contributed by atoms with Crippen molar-refractivity contribution in [3.63, 3.8) is 0 Å². The number of rotatable bonds is 4. The van der Waals surface area contributed by atoms with Crippen molar-refractivity contribution in [3.05, 3.63) is 70.4 Å². The summed E-state index contributed by atoms with van der Waals surface area (Å²) in [7, 11) is 0. The van der Waals surface area contributed by atoms with E-state index in [1.807, 2.05) is 24.3 Å². The predicted octanol–water partition coefficient (Wildman–Crippen LogP) is 5.09. The molecule has 2 N–H and O–H groups in total. The third-order valence-corrected chi connectivity index (χ3v) is 3.92. The molecule has 0 radical (unpaired) electrons. The second-order valence-corrected chi connectivity index (χ2v) is 5.74. The van der Waals surface area contributed by atoms with Crippen molar-refractivity contribution < 1.29 is 4.42 Å². The minimum Gasteiger partial charge on any atom is -0.459 e. The Morgan fingerprint density at radius 1 is 1.10 bits per heavy atom. The van der Waals surface area contributed by atoms with Crippen molar-refractivity contribution in [2.75, 3.05) is 0 Å². The summed E-state index contributed by atoms with van der Waals surface area (Å²) in [6.07, 6.45) is 2.24. The van der Waals surface area contributed by atoms with Gasteiger partial charge in [-0.25, -0.2) is 0 Å². The van der Waals surface area contributed by atoms with Crippen LogP contribution in [0.5, 0.6) is 0 Å². The summed E-state index contributed by atoms with van der Waals surface area (Å²) in [6.45, 7) is 2.18. The molecule has 0 aliphatic rings. The molecule has 3 aromatic rings. The molecule has 1 heterocycles. The number of fused-ring (bicyclic) bond motifs is 1. The summed E-state index contributed by atoms with van der Waals surface area (Å²) < 4.78 is 5.83. The van der Waals surface area contributed by atoms with E-state index in [1.54, 1.807) is 0 Å². The minimum absolute atomic E-state index is 0.258. The van der Waals surface area contributed by atoms with E-state index in [-0.39, 0.29) is 6.04 Å². The van der Waals surface area contributed by atoms with Crippen molar-refractivity contribution in [2.24, 2.45) is 5.73 Å². The van der Waals surface area contributed by atoms with E-state index in [4.69, 9.17) is 21.8 Å². The normalized spacial score (nSPS) is 12.7. The summed E-state index contributed by atoms with van der Waals surface area (Å²) >= 11 is 6.00. The SMILES string of the molecule is CCCc1ccc(C(N)c2cc3cc(Cl)ccc3o2)cc1. The summed E-state index contributed by atoms with van der Waals surface area (Å²) in [5, 5.41) is 1.68. The third-order valence-electron chi connectivity index (χ3n) is 3.68. The van der Waals surface area contributed by atoms with E-state index in [9.17, 15) is 0 Å². The molecule has 0 aliphatic heterocycles. The Morgan fingerprint density at radius 2 is 1.86 bits per heavy atom. The molecule has 0 saturated heterocycles. The first kappa shape index (κ1) is 14.2. The van der Waals surface area contributed by atoms with Gasteiger partial charge in [-0.15, -0.1) is 0 Å². The van der Waals surface area contributed by atoms with Crippen LogP contribution in [0.25, 0.3) is 11.0 Å². The van der Waals surface area contributed by atoms with Gasteiger partial charge in [-0.2, -0.15) is 0 Å². The average molecular weight is 300 g/mol. The zero-order chi connectivity index (χ0) is 14.8. The molecule has 21 heavy (non-hydrogen) atoms. The van der Waals surface area contributed by atoms with E-state index < -0.39 is 0 Å². The van der Waals surface area contributed by atoms with Crippen LogP contribution in [0.3, 0.4) is 0 Å². The van der Waals surface area contributed by atoms with Gasteiger partial charge in [0.2, 0.25) is 0 Å². The van der Waals surface area contributed by atoms with Gasteiger partial charge in [0.05, 0.1) is 6.04 Å². The number of aryl methyl sites for hydroxylation is 1. The number of benzene rings is 2. The molecule has 0 aliphatic carbocycles. The molecule has 3 heteroatoms. The Labute approximate surface area is 129 Å². The van der Waals surface area contributed by atoms with E-state index in [0.717, 1.165) is 35.1 Å². The summed E-state index contributed by atoms with van der Waals surface area (Å²) in [4.78, 5) is 0. The molecule has 2 aromatic carbocycles. The maximum atomic E-state index is 6.32. The number of halogens is 1. The standard InChI is InChI=1S/C18H18ClNO/c1-2-3-12-4-6-13(7-5-12)18(20)17-11-14-10-15(19)8-9-16(14)21-17/h4-11,18H,2-3,20H2,1H3. The summed E-state index contributed by atoms with van der Waals surface area (Å²) in [5.41, 5.74) is 9.52. The first-order valence-electron chi connectivity index (χ1n) is 7.21. The molecule has 108 valence electrons. The molecule has 0 amide bonds. The highest BCUT2D eigenvalue weighted by Gasteiger charge is 2.14. The Kier molecular flexibility index (Phi) is 4.00. The van der Waals surface area contributed by atoms with Gasteiger partial charge in [-0.3, -0.25) is 0 Å². The highest BCUT2D eigenvalue weighted by atomic mass is 35.5. The quantitative estimate of drug-likeness (QED) is 0.729. The lowest BCUT2D eigenvalue weighted by molar-refractivity contribution is 0.525. The molecular weight excluding hydrogens is 282 g/mol. The van der Waals surface area contributed by atoms with Gasteiger partial charge in [0.15, 0.2) is 0 Å². The topological polar surface area (TPSA) is 39.2 Å². The zero-order valence-electron chi connectivity index (χ0n) is 12.0. The van der Waals surface area contributed by atoms with E-state index in [0.29, 0.717) is 5.02 Å². The van der Waals surface area contributed by atoms with E-state index >= 15 is 0 Å². The van der Waals surface area contributed by atoms with Crippen LogP contribution < -0.4 is 5.73 Å². The monoisotopic (exact) mass is 299 g/mol. The fraction of sp³-hybridized carbons (Fsp3) is 0.222. The molecule has 3 rings (SSSR count).